The molecular weight excluding hydrogens is 144 g/mol. The lowest BCUT2D eigenvalue weighted by molar-refractivity contribution is 0.235. The van der Waals surface area contributed by atoms with Crippen molar-refractivity contribution in [3.63, 3.8) is 0 Å². The second kappa shape index (κ2) is 3.40. The second-order valence-corrected chi connectivity index (χ2v) is 5.10. The molecular formula is C12H22. The van der Waals surface area contributed by atoms with Gasteiger partial charge in [-0.2, -0.15) is 0 Å². The Morgan fingerprint density at radius 2 is 1.00 bits per heavy atom. The largest absolute Gasteiger partial charge is 0.0620 e. The van der Waals surface area contributed by atoms with Gasteiger partial charge in [0, 0.05) is 0 Å². The lowest BCUT2D eigenvalue weighted by atomic mass is 9.80. The lowest BCUT2D eigenvalue weighted by Crippen LogP contribution is -2.18. The molecule has 0 aromatic heterocycles. The van der Waals surface area contributed by atoms with Crippen molar-refractivity contribution in [2.45, 2.75) is 52.4 Å². The minimum absolute atomic E-state index is 1.01. The highest BCUT2D eigenvalue weighted by atomic mass is 14.4. The Kier molecular flexibility index (Phi) is 2.43. The van der Waals surface area contributed by atoms with Crippen molar-refractivity contribution < 1.29 is 0 Å². The first-order valence-corrected chi connectivity index (χ1v) is 5.79. The molecule has 12 heavy (non-hydrogen) atoms. The third kappa shape index (κ3) is 1.41. The van der Waals surface area contributed by atoms with Gasteiger partial charge in [0.1, 0.15) is 0 Å². The zero-order valence-electron chi connectivity index (χ0n) is 8.55. The zero-order valence-corrected chi connectivity index (χ0v) is 8.55. The van der Waals surface area contributed by atoms with E-state index < -0.39 is 0 Å². The predicted molar refractivity (Wildman–Crippen MR) is 53.0 cm³/mol. The first kappa shape index (κ1) is 8.59. The van der Waals surface area contributed by atoms with E-state index in [2.05, 4.69) is 13.8 Å². The van der Waals surface area contributed by atoms with Gasteiger partial charge in [0.05, 0.1) is 0 Å². The smallest absolute Gasteiger partial charge is 0.0386 e. The van der Waals surface area contributed by atoms with E-state index >= 15 is 0 Å². The zero-order chi connectivity index (χ0) is 8.55. The summed E-state index contributed by atoms with van der Waals surface area (Å²) in [5.74, 6) is 4.18. The van der Waals surface area contributed by atoms with Crippen LogP contribution in [0.1, 0.15) is 52.4 Å². The SMILES string of the molecule is CC1C2CCCC(CCC2)C1C. The average Bonchev–Trinajstić information content (AvgIpc) is 2.19. The molecule has 0 amide bonds. The molecule has 2 aliphatic rings. The van der Waals surface area contributed by atoms with Crippen LogP contribution in [0.2, 0.25) is 0 Å². The van der Waals surface area contributed by atoms with Gasteiger partial charge in [-0.1, -0.05) is 52.4 Å². The van der Waals surface area contributed by atoms with Crippen molar-refractivity contribution >= 4 is 0 Å². The number of rotatable bonds is 0. The predicted octanol–water partition coefficient (Wildman–Crippen LogP) is 3.86. The lowest BCUT2D eigenvalue weighted by Gasteiger charge is -2.26. The summed E-state index contributed by atoms with van der Waals surface area (Å²) in [5, 5.41) is 0. The number of hydrogen-bond donors (Lipinski definition) is 0. The van der Waals surface area contributed by atoms with Crippen LogP contribution in [0, 0.1) is 23.7 Å². The van der Waals surface area contributed by atoms with Crippen LogP contribution in [0.5, 0.6) is 0 Å². The van der Waals surface area contributed by atoms with Gasteiger partial charge in [0.15, 0.2) is 0 Å². The van der Waals surface area contributed by atoms with E-state index in [-0.39, 0.29) is 0 Å². The highest BCUT2D eigenvalue weighted by molar-refractivity contribution is 4.84. The maximum Gasteiger partial charge on any atom is -0.0386 e. The standard InChI is InChI=1S/C12H22/c1-9-10(2)12-7-3-5-11(9)6-4-8-12/h9-12H,3-8H2,1-2H3. The molecule has 0 spiro atoms. The first-order chi connectivity index (χ1) is 5.79. The Bertz CT molecular complexity index is 120. The summed E-state index contributed by atoms with van der Waals surface area (Å²) in [6.45, 7) is 5.00. The molecule has 2 saturated carbocycles. The molecule has 0 saturated heterocycles. The maximum absolute atomic E-state index is 2.50. The normalized spacial score (nSPS) is 48.5. The van der Waals surface area contributed by atoms with Gasteiger partial charge < -0.3 is 0 Å². The monoisotopic (exact) mass is 166 g/mol. The maximum atomic E-state index is 2.50. The van der Waals surface area contributed by atoms with Crippen molar-refractivity contribution in [2.24, 2.45) is 23.7 Å². The Morgan fingerprint density at radius 1 is 0.667 bits per heavy atom. The van der Waals surface area contributed by atoms with E-state index in [4.69, 9.17) is 0 Å². The molecule has 0 heteroatoms. The van der Waals surface area contributed by atoms with Crippen LogP contribution in [0.4, 0.5) is 0 Å². The topological polar surface area (TPSA) is 0 Å². The summed E-state index contributed by atoms with van der Waals surface area (Å²) in [6, 6.07) is 0. The minimum atomic E-state index is 1.01. The summed E-state index contributed by atoms with van der Waals surface area (Å²) < 4.78 is 0. The minimum Gasteiger partial charge on any atom is -0.0620 e. The van der Waals surface area contributed by atoms with E-state index in [0.29, 0.717) is 0 Å². The molecule has 70 valence electrons. The molecule has 2 fully saturated rings. The summed E-state index contributed by atoms with van der Waals surface area (Å²) in [6.07, 6.45) is 9.15. The molecule has 0 aromatic carbocycles. The molecule has 2 bridgehead atoms. The van der Waals surface area contributed by atoms with Crippen molar-refractivity contribution in [3.8, 4) is 0 Å². The fourth-order valence-corrected chi connectivity index (χ4v) is 3.48. The van der Waals surface area contributed by atoms with Crippen LogP contribution in [-0.4, -0.2) is 0 Å². The van der Waals surface area contributed by atoms with Gasteiger partial charge in [-0.25, -0.2) is 0 Å². The highest BCUT2D eigenvalue weighted by Crippen LogP contribution is 2.44. The van der Waals surface area contributed by atoms with Crippen LogP contribution in [0.15, 0.2) is 0 Å². The van der Waals surface area contributed by atoms with E-state index in [0.717, 1.165) is 23.7 Å². The third-order valence-electron chi connectivity index (χ3n) is 4.62. The second-order valence-electron chi connectivity index (χ2n) is 5.10. The summed E-state index contributed by atoms with van der Waals surface area (Å²) in [7, 11) is 0. The molecule has 0 aromatic rings. The number of fused-ring (bicyclic) bond motifs is 3. The van der Waals surface area contributed by atoms with Gasteiger partial charge in [0.2, 0.25) is 0 Å². The van der Waals surface area contributed by atoms with Crippen LogP contribution < -0.4 is 0 Å². The molecule has 0 N–H and O–H groups in total. The van der Waals surface area contributed by atoms with Crippen molar-refractivity contribution in [2.75, 3.05) is 0 Å². The van der Waals surface area contributed by atoms with Gasteiger partial charge in [-0.3, -0.25) is 0 Å². The Morgan fingerprint density at radius 3 is 1.33 bits per heavy atom. The highest BCUT2D eigenvalue weighted by Gasteiger charge is 2.33. The molecule has 2 rings (SSSR count). The Hall–Kier alpha value is 0. The van der Waals surface area contributed by atoms with E-state index in [1.807, 2.05) is 0 Å². The first-order valence-electron chi connectivity index (χ1n) is 5.79. The molecule has 0 aliphatic heterocycles. The quantitative estimate of drug-likeness (QED) is 0.512. The van der Waals surface area contributed by atoms with Crippen LogP contribution >= 0.6 is 0 Å². The molecule has 0 nitrogen and oxygen atoms in total. The fourth-order valence-electron chi connectivity index (χ4n) is 3.48. The van der Waals surface area contributed by atoms with Gasteiger partial charge in [-0.05, 0) is 23.7 Å². The van der Waals surface area contributed by atoms with Crippen molar-refractivity contribution in [3.05, 3.63) is 0 Å². The van der Waals surface area contributed by atoms with Gasteiger partial charge in [0.25, 0.3) is 0 Å². The van der Waals surface area contributed by atoms with E-state index in [9.17, 15) is 0 Å². The molecule has 2 unspecified atom stereocenters. The average molecular weight is 166 g/mol. The fraction of sp³-hybridized carbons (Fsp3) is 1.00. The van der Waals surface area contributed by atoms with Gasteiger partial charge >= 0.3 is 0 Å². The van der Waals surface area contributed by atoms with Crippen molar-refractivity contribution in [1.29, 1.82) is 0 Å². The summed E-state index contributed by atoms with van der Waals surface area (Å²) >= 11 is 0. The van der Waals surface area contributed by atoms with Crippen LogP contribution in [0.3, 0.4) is 0 Å². The summed E-state index contributed by atoms with van der Waals surface area (Å²) in [5.41, 5.74) is 0. The molecule has 0 heterocycles. The third-order valence-corrected chi connectivity index (χ3v) is 4.62. The Balaban J connectivity index is 2.16. The van der Waals surface area contributed by atoms with E-state index in [1.165, 1.54) is 38.5 Å². The van der Waals surface area contributed by atoms with Gasteiger partial charge in [-0.15, -0.1) is 0 Å². The number of hydrogen-bond acceptors (Lipinski definition) is 0. The Labute approximate surface area is 76.7 Å². The summed E-state index contributed by atoms with van der Waals surface area (Å²) in [4.78, 5) is 0. The van der Waals surface area contributed by atoms with Crippen molar-refractivity contribution in [1.82, 2.24) is 0 Å². The molecule has 0 radical (unpaired) electrons. The molecule has 2 atom stereocenters. The molecule has 2 aliphatic carbocycles. The van der Waals surface area contributed by atoms with Crippen LogP contribution in [-0.2, 0) is 0 Å². The van der Waals surface area contributed by atoms with Crippen LogP contribution in [0.25, 0.3) is 0 Å². The van der Waals surface area contributed by atoms with E-state index in [1.54, 1.807) is 0 Å².